The van der Waals surface area contributed by atoms with Gasteiger partial charge in [0, 0.05) is 23.2 Å². The Balaban J connectivity index is 2.03. The molecule has 5 nitrogen and oxygen atoms in total. The highest BCUT2D eigenvalue weighted by Crippen LogP contribution is 2.38. The minimum Gasteiger partial charge on any atom is -0.547 e. The molecular formula is C24H30N2O3Si. The van der Waals surface area contributed by atoms with Crippen LogP contribution in [0.25, 0.3) is 10.9 Å². The summed E-state index contributed by atoms with van der Waals surface area (Å²) >= 11 is 0. The summed E-state index contributed by atoms with van der Waals surface area (Å²) in [5.41, 5.74) is 5.68. The second-order valence-corrected chi connectivity index (χ2v) is 11.4. The molecule has 0 spiro atoms. The van der Waals surface area contributed by atoms with E-state index in [9.17, 15) is 10.1 Å². The van der Waals surface area contributed by atoms with Crippen LogP contribution in [-0.2, 0) is 18.3 Å². The first-order chi connectivity index (χ1) is 14.1. The van der Waals surface area contributed by atoms with E-state index in [4.69, 9.17) is 9.41 Å². The quantitative estimate of drug-likeness (QED) is 0.282. The van der Waals surface area contributed by atoms with Gasteiger partial charge in [-0.3, -0.25) is 15.1 Å². The Labute approximate surface area is 180 Å². The Bertz CT molecular complexity index is 1070. The number of hydrogen-bond donors (Lipinski definition) is 0. The lowest BCUT2D eigenvalue weighted by Crippen LogP contribution is -2.18. The van der Waals surface area contributed by atoms with Gasteiger partial charge < -0.3 is 4.43 Å². The molecule has 0 atom stereocenters. The smallest absolute Gasteiger partial charge is 0.269 e. The van der Waals surface area contributed by atoms with Gasteiger partial charge in [0.05, 0.1) is 10.4 Å². The van der Waals surface area contributed by atoms with E-state index in [2.05, 4.69) is 52.9 Å². The molecule has 2 aromatic carbocycles. The van der Waals surface area contributed by atoms with Crippen molar-refractivity contribution in [1.82, 2.24) is 4.98 Å². The van der Waals surface area contributed by atoms with Crippen LogP contribution in [0.5, 0.6) is 5.75 Å². The van der Waals surface area contributed by atoms with Crippen molar-refractivity contribution >= 4 is 25.6 Å². The van der Waals surface area contributed by atoms with Gasteiger partial charge in [-0.15, -0.1) is 0 Å². The average Bonchev–Trinajstić information content (AvgIpc) is 2.65. The zero-order valence-electron chi connectivity index (χ0n) is 18.7. The van der Waals surface area contributed by atoms with Crippen molar-refractivity contribution < 1.29 is 9.35 Å². The van der Waals surface area contributed by atoms with Crippen LogP contribution in [0.3, 0.4) is 0 Å². The van der Waals surface area contributed by atoms with E-state index < -0.39 is 9.04 Å². The van der Waals surface area contributed by atoms with Crippen molar-refractivity contribution in [2.75, 3.05) is 0 Å². The highest BCUT2D eigenvalue weighted by atomic mass is 28.3. The normalized spacial score (nSPS) is 11.8. The molecule has 0 N–H and O–H groups in total. The molecule has 1 aromatic heterocycles. The van der Waals surface area contributed by atoms with E-state index in [1.165, 1.54) is 11.1 Å². The third kappa shape index (κ3) is 4.70. The molecule has 0 saturated carbocycles. The topological polar surface area (TPSA) is 65.3 Å². The lowest BCUT2D eigenvalue weighted by Gasteiger charge is -2.27. The van der Waals surface area contributed by atoms with Crippen LogP contribution < -0.4 is 4.43 Å². The van der Waals surface area contributed by atoms with E-state index in [1.807, 2.05) is 18.2 Å². The number of rotatable bonds is 6. The highest BCUT2D eigenvalue weighted by molar-refractivity contribution is 6.49. The summed E-state index contributed by atoms with van der Waals surface area (Å²) in [5, 5.41) is 12.0. The molecule has 3 aromatic rings. The summed E-state index contributed by atoms with van der Waals surface area (Å²) in [6, 6.07) is 12.9. The fourth-order valence-corrected chi connectivity index (χ4v) is 4.71. The Kier molecular flexibility index (Phi) is 6.27. The molecule has 6 heteroatoms. The molecule has 0 fully saturated rings. The van der Waals surface area contributed by atoms with Gasteiger partial charge in [-0.1, -0.05) is 39.0 Å². The zero-order chi connectivity index (χ0) is 22.1. The molecule has 0 bridgehead atoms. The van der Waals surface area contributed by atoms with Crippen molar-refractivity contribution in [3.05, 3.63) is 75.0 Å². The van der Waals surface area contributed by atoms with E-state index in [0.29, 0.717) is 0 Å². The molecule has 0 unspecified atom stereocenters. The van der Waals surface area contributed by atoms with Crippen LogP contribution >= 0.6 is 0 Å². The van der Waals surface area contributed by atoms with Crippen LogP contribution in [0, 0.1) is 17.0 Å². The van der Waals surface area contributed by atoms with Gasteiger partial charge >= 0.3 is 0 Å². The maximum atomic E-state index is 10.9. The second kappa shape index (κ2) is 8.56. The monoisotopic (exact) mass is 422 g/mol. The van der Waals surface area contributed by atoms with Crippen LogP contribution in [-0.4, -0.2) is 18.9 Å². The number of nitrogens with zero attached hydrogens (tertiary/aromatic N) is 2. The molecule has 1 heterocycles. The number of pyridine rings is 1. The molecule has 0 saturated heterocycles. The maximum absolute atomic E-state index is 10.9. The predicted molar refractivity (Wildman–Crippen MR) is 125 cm³/mol. The van der Waals surface area contributed by atoms with E-state index >= 15 is 0 Å². The van der Waals surface area contributed by atoms with Crippen LogP contribution in [0.1, 0.15) is 43.2 Å². The second-order valence-electron chi connectivity index (χ2n) is 9.05. The molecule has 0 amide bonds. The van der Waals surface area contributed by atoms with Crippen molar-refractivity contribution in [3.8, 4) is 5.75 Å². The number of nitro benzene ring substituents is 1. The lowest BCUT2D eigenvalue weighted by atomic mass is 9.80. The predicted octanol–water partition coefficient (Wildman–Crippen LogP) is 5.90. The third-order valence-electron chi connectivity index (χ3n) is 5.23. The largest absolute Gasteiger partial charge is 0.547 e. The van der Waals surface area contributed by atoms with Crippen LogP contribution in [0.4, 0.5) is 5.69 Å². The fraction of sp³-hybridized carbons (Fsp3) is 0.375. The molecule has 158 valence electrons. The number of hydrogen-bond acceptors (Lipinski definition) is 4. The first-order valence-electron chi connectivity index (χ1n) is 10.4. The van der Waals surface area contributed by atoms with Gasteiger partial charge in [0.25, 0.3) is 5.69 Å². The average molecular weight is 423 g/mol. The highest BCUT2D eigenvalue weighted by Gasteiger charge is 2.25. The number of benzene rings is 2. The van der Waals surface area contributed by atoms with E-state index in [0.717, 1.165) is 40.8 Å². The molecule has 0 radical (unpaired) electrons. The SMILES string of the molecule is Cc1c(CCc2ccc([N+](=O)[O-])cc2)nc2cccc(O[SiH](C)C)c2c1C(C)(C)C. The number of non-ortho nitro benzene ring substituents is 1. The minimum atomic E-state index is -1.25. The van der Waals surface area contributed by atoms with Gasteiger partial charge in [-0.2, -0.15) is 0 Å². The molecule has 0 aliphatic heterocycles. The number of nitro groups is 1. The number of aryl methyl sites for hydroxylation is 2. The Morgan fingerprint density at radius 1 is 1.07 bits per heavy atom. The van der Waals surface area contributed by atoms with Crippen LogP contribution in [0.15, 0.2) is 42.5 Å². The van der Waals surface area contributed by atoms with Gasteiger partial charge in [0.2, 0.25) is 9.04 Å². The Morgan fingerprint density at radius 2 is 1.73 bits per heavy atom. The summed E-state index contributed by atoms with van der Waals surface area (Å²) in [6.45, 7) is 13.2. The number of aromatic nitrogens is 1. The summed E-state index contributed by atoms with van der Waals surface area (Å²) in [7, 11) is -1.25. The minimum absolute atomic E-state index is 0.0502. The molecule has 0 aliphatic carbocycles. The molecular weight excluding hydrogens is 392 g/mol. The molecule has 30 heavy (non-hydrogen) atoms. The lowest BCUT2D eigenvalue weighted by molar-refractivity contribution is -0.384. The van der Waals surface area contributed by atoms with Crippen molar-refractivity contribution in [3.63, 3.8) is 0 Å². The van der Waals surface area contributed by atoms with Crippen molar-refractivity contribution in [2.24, 2.45) is 0 Å². The first kappa shape index (κ1) is 22.0. The van der Waals surface area contributed by atoms with Gasteiger partial charge in [-0.05, 0) is 67.1 Å². The molecule has 0 aliphatic rings. The van der Waals surface area contributed by atoms with Gasteiger partial charge in [0.15, 0.2) is 0 Å². The zero-order valence-corrected chi connectivity index (χ0v) is 19.8. The maximum Gasteiger partial charge on any atom is 0.269 e. The van der Waals surface area contributed by atoms with Crippen molar-refractivity contribution in [1.29, 1.82) is 0 Å². The summed E-state index contributed by atoms with van der Waals surface area (Å²) < 4.78 is 6.26. The Morgan fingerprint density at radius 3 is 2.30 bits per heavy atom. The fourth-order valence-electron chi connectivity index (χ4n) is 4.01. The Hall–Kier alpha value is -2.73. The first-order valence-corrected chi connectivity index (χ1v) is 13.2. The van der Waals surface area contributed by atoms with E-state index in [1.54, 1.807) is 12.1 Å². The van der Waals surface area contributed by atoms with Crippen LogP contribution in [0.2, 0.25) is 13.1 Å². The number of fused-ring (bicyclic) bond motifs is 1. The van der Waals surface area contributed by atoms with E-state index in [-0.39, 0.29) is 16.0 Å². The summed E-state index contributed by atoms with van der Waals surface area (Å²) in [5.74, 6) is 0.941. The van der Waals surface area contributed by atoms with Gasteiger partial charge in [0.1, 0.15) is 5.75 Å². The summed E-state index contributed by atoms with van der Waals surface area (Å²) in [4.78, 5) is 15.5. The third-order valence-corrected chi connectivity index (χ3v) is 5.95. The van der Waals surface area contributed by atoms with Crippen molar-refractivity contribution in [2.45, 2.75) is 59.0 Å². The van der Waals surface area contributed by atoms with Gasteiger partial charge in [-0.25, -0.2) is 0 Å². The standard InChI is InChI=1S/C24H30N2O3Si/c1-16-19(15-12-17-10-13-18(14-11-17)26(27)28)25-20-8-7-9-21(29-30(5)6)22(20)23(16)24(2,3)4/h7-11,13-14,30H,12,15H2,1-6H3. The molecule has 3 rings (SSSR count). The summed E-state index contributed by atoms with van der Waals surface area (Å²) in [6.07, 6.45) is 1.57.